The van der Waals surface area contributed by atoms with Gasteiger partial charge in [-0.1, -0.05) is 30.7 Å². The molecular weight excluding hydrogens is 226 g/mol. The molecule has 16 heavy (non-hydrogen) atoms. The van der Waals surface area contributed by atoms with Crippen LogP contribution in [-0.4, -0.2) is 10.2 Å². The largest absolute Gasteiger partial charge is 0.423 e. The predicted octanol–water partition coefficient (Wildman–Crippen LogP) is 2.90. The molecule has 0 radical (unpaired) electrons. The molecule has 4 nitrogen and oxygen atoms in total. The number of aromatic nitrogens is 2. The fourth-order valence-electron chi connectivity index (χ4n) is 1.28. The molecule has 0 spiro atoms. The van der Waals surface area contributed by atoms with E-state index in [2.05, 4.69) is 15.5 Å². The van der Waals surface area contributed by atoms with Crippen molar-refractivity contribution in [3.63, 3.8) is 0 Å². The van der Waals surface area contributed by atoms with E-state index in [0.29, 0.717) is 23.3 Å². The SMILES string of the molecule is CCc1nnc(CNc2ccccc2Cl)o1. The second kappa shape index (κ2) is 4.99. The second-order valence-electron chi connectivity index (χ2n) is 3.28. The molecule has 0 atom stereocenters. The Morgan fingerprint density at radius 1 is 1.25 bits per heavy atom. The number of aryl methyl sites for hydroxylation is 1. The van der Waals surface area contributed by atoms with Crippen LogP contribution in [0.1, 0.15) is 18.7 Å². The molecule has 1 heterocycles. The van der Waals surface area contributed by atoms with Crippen LogP contribution in [0.4, 0.5) is 5.69 Å². The van der Waals surface area contributed by atoms with Crippen molar-refractivity contribution in [1.29, 1.82) is 0 Å². The van der Waals surface area contributed by atoms with Crippen molar-refractivity contribution in [1.82, 2.24) is 10.2 Å². The molecule has 0 amide bonds. The highest BCUT2D eigenvalue weighted by Gasteiger charge is 2.04. The smallest absolute Gasteiger partial charge is 0.235 e. The van der Waals surface area contributed by atoms with E-state index in [-0.39, 0.29) is 0 Å². The average molecular weight is 238 g/mol. The molecule has 5 heteroatoms. The van der Waals surface area contributed by atoms with E-state index in [1.165, 1.54) is 0 Å². The van der Waals surface area contributed by atoms with E-state index in [0.717, 1.165) is 12.1 Å². The summed E-state index contributed by atoms with van der Waals surface area (Å²) in [5.74, 6) is 1.22. The molecule has 1 aromatic heterocycles. The topological polar surface area (TPSA) is 51.0 Å². The maximum Gasteiger partial charge on any atom is 0.235 e. The number of nitrogens with one attached hydrogen (secondary N) is 1. The number of anilines is 1. The first kappa shape index (κ1) is 11.0. The van der Waals surface area contributed by atoms with Gasteiger partial charge in [-0.2, -0.15) is 0 Å². The maximum atomic E-state index is 5.99. The molecule has 1 N–H and O–H groups in total. The lowest BCUT2D eigenvalue weighted by molar-refractivity contribution is 0.460. The third-order valence-electron chi connectivity index (χ3n) is 2.12. The monoisotopic (exact) mass is 237 g/mol. The van der Waals surface area contributed by atoms with Crippen LogP contribution in [-0.2, 0) is 13.0 Å². The fraction of sp³-hybridized carbons (Fsp3) is 0.273. The van der Waals surface area contributed by atoms with Crippen molar-refractivity contribution in [2.24, 2.45) is 0 Å². The Bertz CT molecular complexity index is 470. The van der Waals surface area contributed by atoms with Crippen LogP contribution in [0.3, 0.4) is 0 Å². The average Bonchev–Trinajstić information content (AvgIpc) is 2.76. The molecule has 84 valence electrons. The molecule has 1 aromatic carbocycles. The van der Waals surface area contributed by atoms with Gasteiger partial charge in [0.1, 0.15) is 0 Å². The highest BCUT2D eigenvalue weighted by Crippen LogP contribution is 2.20. The lowest BCUT2D eigenvalue weighted by Gasteiger charge is -2.04. The normalized spacial score (nSPS) is 10.4. The summed E-state index contributed by atoms with van der Waals surface area (Å²) in [6.07, 6.45) is 0.749. The summed E-state index contributed by atoms with van der Waals surface area (Å²) >= 11 is 5.99. The number of nitrogens with zero attached hydrogens (tertiary/aromatic N) is 2. The lowest BCUT2D eigenvalue weighted by atomic mass is 10.3. The predicted molar refractivity (Wildman–Crippen MR) is 62.5 cm³/mol. The van der Waals surface area contributed by atoms with Crippen LogP contribution in [0.25, 0.3) is 0 Å². The Morgan fingerprint density at radius 2 is 2.00 bits per heavy atom. The number of benzene rings is 1. The van der Waals surface area contributed by atoms with Crippen molar-refractivity contribution in [3.8, 4) is 0 Å². The van der Waals surface area contributed by atoms with Crippen molar-refractivity contribution in [2.75, 3.05) is 5.32 Å². The Morgan fingerprint density at radius 3 is 2.69 bits per heavy atom. The number of rotatable bonds is 4. The third kappa shape index (κ3) is 2.52. The molecule has 0 bridgehead atoms. The van der Waals surface area contributed by atoms with E-state index < -0.39 is 0 Å². The van der Waals surface area contributed by atoms with Crippen LogP contribution in [0.2, 0.25) is 5.02 Å². The van der Waals surface area contributed by atoms with Gasteiger partial charge in [-0.25, -0.2) is 0 Å². The van der Waals surface area contributed by atoms with Crippen LogP contribution < -0.4 is 5.32 Å². The number of hydrogen-bond acceptors (Lipinski definition) is 4. The van der Waals surface area contributed by atoms with Crippen LogP contribution in [0, 0.1) is 0 Å². The highest BCUT2D eigenvalue weighted by molar-refractivity contribution is 6.33. The minimum Gasteiger partial charge on any atom is -0.423 e. The standard InChI is InChI=1S/C11H12ClN3O/c1-2-10-14-15-11(16-10)7-13-9-6-4-3-5-8(9)12/h3-6,13H,2,7H2,1H3. The van der Waals surface area contributed by atoms with Crippen molar-refractivity contribution in [3.05, 3.63) is 41.1 Å². The Labute approximate surface area is 98.6 Å². The zero-order valence-corrected chi connectivity index (χ0v) is 9.66. The molecule has 0 aliphatic carbocycles. The minimum atomic E-state index is 0.483. The summed E-state index contributed by atoms with van der Waals surface area (Å²) in [5.41, 5.74) is 0.861. The summed E-state index contributed by atoms with van der Waals surface area (Å²) in [7, 11) is 0. The van der Waals surface area contributed by atoms with E-state index in [4.69, 9.17) is 16.0 Å². The first-order valence-corrected chi connectivity index (χ1v) is 5.47. The quantitative estimate of drug-likeness (QED) is 0.888. The summed E-state index contributed by atoms with van der Waals surface area (Å²) < 4.78 is 5.37. The van der Waals surface area contributed by atoms with Crippen LogP contribution >= 0.6 is 11.6 Å². The van der Waals surface area contributed by atoms with Gasteiger partial charge in [-0.3, -0.25) is 0 Å². The molecule has 0 unspecified atom stereocenters. The van der Waals surface area contributed by atoms with Gasteiger partial charge < -0.3 is 9.73 Å². The maximum absolute atomic E-state index is 5.99. The lowest BCUT2D eigenvalue weighted by Crippen LogP contribution is -1.99. The molecule has 0 saturated carbocycles. The van der Waals surface area contributed by atoms with Gasteiger partial charge in [-0.15, -0.1) is 10.2 Å². The molecule has 0 fully saturated rings. The summed E-state index contributed by atoms with van der Waals surface area (Å²) in [6.45, 7) is 2.45. The minimum absolute atomic E-state index is 0.483. The van der Waals surface area contributed by atoms with Crippen molar-refractivity contribution in [2.45, 2.75) is 19.9 Å². The summed E-state index contributed by atoms with van der Waals surface area (Å²) in [5, 5.41) is 11.6. The van der Waals surface area contributed by atoms with Crippen LogP contribution in [0.5, 0.6) is 0 Å². The summed E-state index contributed by atoms with van der Waals surface area (Å²) in [4.78, 5) is 0. The molecule has 0 aliphatic heterocycles. The van der Waals surface area contributed by atoms with Gasteiger partial charge in [0.25, 0.3) is 0 Å². The van der Waals surface area contributed by atoms with Crippen LogP contribution in [0.15, 0.2) is 28.7 Å². The zero-order chi connectivity index (χ0) is 11.4. The van der Waals surface area contributed by atoms with E-state index in [1.807, 2.05) is 31.2 Å². The third-order valence-corrected chi connectivity index (χ3v) is 2.44. The van der Waals surface area contributed by atoms with E-state index >= 15 is 0 Å². The molecular formula is C11H12ClN3O. The van der Waals surface area contributed by atoms with Crippen molar-refractivity contribution >= 4 is 17.3 Å². The van der Waals surface area contributed by atoms with Gasteiger partial charge in [0.15, 0.2) is 0 Å². The molecule has 0 aliphatic rings. The number of halogens is 1. The molecule has 2 rings (SSSR count). The van der Waals surface area contributed by atoms with Gasteiger partial charge in [-0.05, 0) is 12.1 Å². The van der Waals surface area contributed by atoms with Gasteiger partial charge in [0.05, 0.1) is 17.3 Å². The second-order valence-corrected chi connectivity index (χ2v) is 3.68. The number of para-hydroxylation sites is 1. The number of hydrogen-bond donors (Lipinski definition) is 1. The summed E-state index contributed by atoms with van der Waals surface area (Å²) in [6, 6.07) is 7.53. The Kier molecular flexibility index (Phi) is 3.41. The van der Waals surface area contributed by atoms with Gasteiger partial charge in [0.2, 0.25) is 11.8 Å². The van der Waals surface area contributed by atoms with Crippen molar-refractivity contribution < 1.29 is 4.42 Å². The highest BCUT2D eigenvalue weighted by atomic mass is 35.5. The molecule has 2 aromatic rings. The van der Waals surface area contributed by atoms with E-state index in [1.54, 1.807) is 0 Å². The van der Waals surface area contributed by atoms with Gasteiger partial charge in [0, 0.05) is 6.42 Å². The Hall–Kier alpha value is -1.55. The zero-order valence-electron chi connectivity index (χ0n) is 8.90. The van der Waals surface area contributed by atoms with Gasteiger partial charge >= 0.3 is 0 Å². The fourth-order valence-corrected chi connectivity index (χ4v) is 1.48. The molecule has 0 saturated heterocycles. The van der Waals surface area contributed by atoms with E-state index in [9.17, 15) is 0 Å². The Balaban J connectivity index is 1.99. The first-order chi connectivity index (χ1) is 7.79. The first-order valence-electron chi connectivity index (χ1n) is 5.09.